The topological polar surface area (TPSA) is 110 Å². The summed E-state index contributed by atoms with van der Waals surface area (Å²) < 4.78 is 11.5. The van der Waals surface area contributed by atoms with Gasteiger partial charge in [0.1, 0.15) is 11.8 Å². The van der Waals surface area contributed by atoms with Crippen LogP contribution in [0.4, 0.5) is 10.5 Å². The lowest BCUT2D eigenvalue weighted by Crippen LogP contribution is -2.42. The summed E-state index contributed by atoms with van der Waals surface area (Å²) in [5, 5.41) is 13.6. The van der Waals surface area contributed by atoms with Gasteiger partial charge in [0, 0.05) is 11.6 Å². The molecule has 0 bridgehead atoms. The monoisotopic (exact) mass is 371 g/mol. The zero-order valence-corrected chi connectivity index (χ0v) is 15.1. The predicted molar refractivity (Wildman–Crippen MR) is 97.8 cm³/mol. The quantitative estimate of drug-likeness (QED) is 0.717. The Hall–Kier alpha value is -3.13. The van der Waals surface area contributed by atoms with Gasteiger partial charge < -0.3 is 25.2 Å². The van der Waals surface area contributed by atoms with Crippen LogP contribution in [0.25, 0.3) is 0 Å². The van der Waals surface area contributed by atoms with Crippen LogP contribution in [0.5, 0.6) is 11.6 Å². The number of carbonyl (C=O) groups excluding carboxylic acids is 1. The van der Waals surface area contributed by atoms with Gasteiger partial charge in [-0.05, 0) is 31.0 Å². The molecule has 2 unspecified atom stereocenters. The van der Waals surface area contributed by atoms with Gasteiger partial charge in [0.25, 0.3) is 0 Å². The van der Waals surface area contributed by atoms with Crippen molar-refractivity contribution in [2.24, 2.45) is 0 Å². The van der Waals surface area contributed by atoms with E-state index in [4.69, 9.17) is 14.6 Å². The van der Waals surface area contributed by atoms with Gasteiger partial charge in [0.2, 0.25) is 11.8 Å². The first-order chi connectivity index (χ1) is 13.0. The molecule has 3 N–H and O–H groups in total. The highest BCUT2D eigenvalue weighted by atomic mass is 16.5. The van der Waals surface area contributed by atoms with Crippen LogP contribution in [0.15, 0.2) is 36.5 Å². The van der Waals surface area contributed by atoms with Crippen molar-refractivity contribution >= 4 is 17.7 Å². The van der Waals surface area contributed by atoms with Gasteiger partial charge in [-0.1, -0.05) is 19.1 Å². The molecule has 0 saturated carbocycles. The molecule has 27 heavy (non-hydrogen) atoms. The minimum atomic E-state index is -1.24. The molecule has 0 fully saturated rings. The normalized spacial score (nSPS) is 16.3. The van der Waals surface area contributed by atoms with Crippen molar-refractivity contribution in [3.63, 3.8) is 0 Å². The van der Waals surface area contributed by atoms with E-state index in [9.17, 15) is 9.59 Å². The van der Waals surface area contributed by atoms with Crippen molar-refractivity contribution in [2.75, 3.05) is 5.32 Å². The Bertz CT molecular complexity index is 838. The SMILES string of the molecule is CCC(NC(=O)O)C(=O)Nc1ccc(Oc2cccc3c2C(C)OC3)nc1. The summed E-state index contributed by atoms with van der Waals surface area (Å²) in [7, 11) is 0. The van der Waals surface area contributed by atoms with Gasteiger partial charge in [-0.3, -0.25) is 4.79 Å². The number of hydrogen-bond acceptors (Lipinski definition) is 5. The molecule has 8 nitrogen and oxygen atoms in total. The number of carboxylic acid groups (broad SMARTS) is 1. The lowest BCUT2D eigenvalue weighted by atomic mass is 10.1. The van der Waals surface area contributed by atoms with Gasteiger partial charge in [-0.2, -0.15) is 0 Å². The molecule has 0 saturated heterocycles. The number of anilines is 1. The minimum Gasteiger partial charge on any atom is -0.465 e. The van der Waals surface area contributed by atoms with Gasteiger partial charge in [0.05, 0.1) is 24.6 Å². The van der Waals surface area contributed by atoms with E-state index < -0.39 is 18.0 Å². The van der Waals surface area contributed by atoms with Crippen LogP contribution in [0.2, 0.25) is 0 Å². The maximum atomic E-state index is 12.1. The lowest BCUT2D eigenvalue weighted by molar-refractivity contribution is -0.118. The van der Waals surface area contributed by atoms with Crippen molar-refractivity contribution in [2.45, 2.75) is 39.0 Å². The highest BCUT2D eigenvalue weighted by molar-refractivity contribution is 5.96. The summed E-state index contributed by atoms with van der Waals surface area (Å²) in [5.74, 6) is 0.636. The number of nitrogens with one attached hydrogen (secondary N) is 2. The third-order valence-electron chi connectivity index (χ3n) is 4.29. The number of benzene rings is 1. The van der Waals surface area contributed by atoms with Crippen molar-refractivity contribution < 1.29 is 24.2 Å². The summed E-state index contributed by atoms with van der Waals surface area (Å²) in [5.41, 5.74) is 2.57. The first-order valence-electron chi connectivity index (χ1n) is 8.65. The fourth-order valence-corrected chi connectivity index (χ4v) is 2.92. The number of ether oxygens (including phenoxy) is 2. The summed E-state index contributed by atoms with van der Waals surface area (Å²) >= 11 is 0. The Balaban J connectivity index is 1.67. The Morgan fingerprint density at radius 2 is 2.19 bits per heavy atom. The molecule has 2 aromatic rings. The predicted octanol–water partition coefficient (Wildman–Crippen LogP) is 3.45. The number of carbonyl (C=O) groups is 2. The second kappa shape index (κ2) is 8.05. The smallest absolute Gasteiger partial charge is 0.405 e. The Kier molecular flexibility index (Phi) is 5.56. The third kappa shape index (κ3) is 4.35. The average Bonchev–Trinajstić information content (AvgIpc) is 3.03. The maximum absolute atomic E-state index is 12.1. The van der Waals surface area contributed by atoms with Gasteiger partial charge in [-0.25, -0.2) is 9.78 Å². The van der Waals surface area contributed by atoms with E-state index in [0.717, 1.165) is 11.1 Å². The molecule has 1 aromatic heterocycles. The minimum absolute atomic E-state index is 0.0394. The summed E-state index contributed by atoms with van der Waals surface area (Å²) in [6.45, 7) is 4.26. The largest absolute Gasteiger partial charge is 0.465 e. The number of hydrogen-bond donors (Lipinski definition) is 3. The number of fused-ring (bicyclic) bond motifs is 1. The molecule has 1 aliphatic rings. The number of aromatic nitrogens is 1. The van der Waals surface area contributed by atoms with Crippen molar-refractivity contribution in [1.29, 1.82) is 0 Å². The average molecular weight is 371 g/mol. The van der Waals surface area contributed by atoms with Gasteiger partial charge in [-0.15, -0.1) is 0 Å². The standard InChI is InChI=1S/C19H21N3O5/c1-3-14(22-19(24)25)18(23)21-13-7-8-16(20-9-13)27-15-6-4-5-12-10-26-11(2)17(12)15/h4-9,11,14,22H,3,10H2,1-2H3,(H,21,23)(H,24,25). The van der Waals surface area contributed by atoms with Crippen LogP contribution in [0.3, 0.4) is 0 Å². The molecule has 2 atom stereocenters. The van der Waals surface area contributed by atoms with Crippen molar-refractivity contribution in [1.82, 2.24) is 10.3 Å². The van der Waals surface area contributed by atoms with Gasteiger partial charge in [0.15, 0.2) is 0 Å². The second-order valence-electron chi connectivity index (χ2n) is 6.17. The maximum Gasteiger partial charge on any atom is 0.405 e. The zero-order chi connectivity index (χ0) is 19.4. The second-order valence-corrected chi connectivity index (χ2v) is 6.17. The molecule has 3 rings (SSSR count). The Morgan fingerprint density at radius 1 is 1.37 bits per heavy atom. The van der Waals surface area contributed by atoms with Crippen LogP contribution in [-0.4, -0.2) is 28.1 Å². The van der Waals surface area contributed by atoms with E-state index in [1.807, 2.05) is 25.1 Å². The van der Waals surface area contributed by atoms with E-state index in [2.05, 4.69) is 15.6 Å². The Morgan fingerprint density at radius 3 is 2.85 bits per heavy atom. The highest BCUT2D eigenvalue weighted by Gasteiger charge is 2.24. The summed E-state index contributed by atoms with van der Waals surface area (Å²) in [4.78, 5) is 27.0. The fourth-order valence-electron chi connectivity index (χ4n) is 2.92. The van der Waals surface area contributed by atoms with Gasteiger partial charge >= 0.3 is 6.09 Å². The first-order valence-corrected chi connectivity index (χ1v) is 8.65. The molecule has 2 heterocycles. The number of pyridine rings is 1. The fraction of sp³-hybridized carbons (Fsp3) is 0.316. The molecule has 142 valence electrons. The van der Waals surface area contributed by atoms with E-state index in [-0.39, 0.29) is 6.10 Å². The molecule has 0 spiro atoms. The van der Waals surface area contributed by atoms with E-state index >= 15 is 0 Å². The molecule has 1 aliphatic heterocycles. The molecule has 0 aliphatic carbocycles. The number of rotatable bonds is 6. The molecule has 1 aromatic carbocycles. The van der Waals surface area contributed by atoms with Crippen LogP contribution >= 0.6 is 0 Å². The van der Waals surface area contributed by atoms with Crippen LogP contribution in [0, 0.1) is 0 Å². The summed E-state index contributed by atoms with van der Waals surface area (Å²) in [6, 6.07) is 8.24. The van der Waals surface area contributed by atoms with Crippen molar-refractivity contribution in [3.05, 3.63) is 47.7 Å². The molecular formula is C19H21N3O5. The number of amides is 2. The van der Waals surface area contributed by atoms with Crippen LogP contribution in [-0.2, 0) is 16.1 Å². The highest BCUT2D eigenvalue weighted by Crippen LogP contribution is 2.38. The van der Waals surface area contributed by atoms with E-state index in [1.54, 1.807) is 19.1 Å². The lowest BCUT2D eigenvalue weighted by Gasteiger charge is -2.15. The van der Waals surface area contributed by atoms with E-state index in [0.29, 0.717) is 30.3 Å². The first kappa shape index (κ1) is 18.7. The number of nitrogens with zero attached hydrogens (tertiary/aromatic N) is 1. The van der Waals surface area contributed by atoms with Crippen LogP contribution < -0.4 is 15.4 Å². The van der Waals surface area contributed by atoms with Crippen LogP contribution in [0.1, 0.15) is 37.5 Å². The summed E-state index contributed by atoms with van der Waals surface area (Å²) in [6.07, 6.45) is 0.519. The third-order valence-corrected chi connectivity index (χ3v) is 4.29. The molecule has 8 heteroatoms. The zero-order valence-electron chi connectivity index (χ0n) is 15.1. The molecular weight excluding hydrogens is 350 g/mol. The van der Waals surface area contributed by atoms with E-state index in [1.165, 1.54) is 6.20 Å². The van der Waals surface area contributed by atoms with Crippen molar-refractivity contribution in [3.8, 4) is 11.6 Å². The molecule has 2 amide bonds. The molecule has 0 radical (unpaired) electrons. The Labute approximate surface area is 156 Å².